The molecule has 0 aliphatic carbocycles. The Morgan fingerprint density at radius 2 is 2.33 bits per heavy atom. The molecule has 0 aliphatic heterocycles. The van der Waals surface area contributed by atoms with E-state index in [0.29, 0.717) is 0 Å². The number of hydrogen-bond donors (Lipinski definition) is 0. The van der Waals surface area contributed by atoms with Crippen molar-refractivity contribution in [2.75, 3.05) is 14.1 Å². The smallest absolute Gasteiger partial charge is 0.0814 e. The average molecular weight is 217 g/mol. The van der Waals surface area contributed by atoms with Crippen molar-refractivity contribution in [3.05, 3.63) is 40.7 Å². The molecule has 0 saturated heterocycles. The van der Waals surface area contributed by atoms with Crippen LogP contribution in [0.3, 0.4) is 0 Å². The second kappa shape index (κ2) is 4.55. The number of rotatable bonds is 3. The standard InChI is InChI=1S/C12H13N2S/c1-14(2)7-10-5-3-4-6-11(10)12-8-15-9-13-12/h3-4,6,8-9H,7H2,1-2H3. The maximum atomic E-state index is 4.33. The van der Waals surface area contributed by atoms with Crippen LogP contribution in [0.2, 0.25) is 0 Å². The Labute approximate surface area is 94.2 Å². The van der Waals surface area contributed by atoms with Gasteiger partial charge in [0.15, 0.2) is 0 Å². The number of nitrogens with zero attached hydrogens (tertiary/aromatic N) is 2. The Hall–Kier alpha value is -1.19. The Balaban J connectivity index is 2.38. The molecule has 2 aromatic rings. The molecule has 3 heteroatoms. The summed E-state index contributed by atoms with van der Waals surface area (Å²) in [5.74, 6) is 0. The molecule has 1 radical (unpaired) electrons. The molecule has 0 unspecified atom stereocenters. The summed E-state index contributed by atoms with van der Waals surface area (Å²) in [4.78, 5) is 6.48. The average Bonchev–Trinajstić information content (AvgIpc) is 2.70. The normalized spacial score (nSPS) is 10.9. The van der Waals surface area contributed by atoms with Crippen LogP contribution in [0.4, 0.5) is 0 Å². The fourth-order valence-electron chi connectivity index (χ4n) is 1.50. The molecule has 1 aromatic heterocycles. The van der Waals surface area contributed by atoms with Gasteiger partial charge in [-0.25, -0.2) is 4.98 Å². The van der Waals surface area contributed by atoms with Crippen LogP contribution in [0.1, 0.15) is 5.56 Å². The van der Waals surface area contributed by atoms with Gasteiger partial charge in [-0.2, -0.15) is 0 Å². The Morgan fingerprint density at radius 1 is 1.47 bits per heavy atom. The zero-order chi connectivity index (χ0) is 10.7. The van der Waals surface area contributed by atoms with Gasteiger partial charge in [0.2, 0.25) is 0 Å². The summed E-state index contributed by atoms with van der Waals surface area (Å²) < 4.78 is 0. The summed E-state index contributed by atoms with van der Waals surface area (Å²) in [7, 11) is 4.12. The minimum atomic E-state index is 0.897. The quantitative estimate of drug-likeness (QED) is 0.785. The van der Waals surface area contributed by atoms with Crippen molar-refractivity contribution >= 4 is 11.3 Å². The third kappa shape index (κ3) is 2.43. The SMILES string of the molecule is CN(C)Cc1[c]cccc1-c1cscn1. The largest absolute Gasteiger partial charge is 0.305 e. The monoisotopic (exact) mass is 217 g/mol. The molecular formula is C12H13N2S. The first kappa shape index (κ1) is 10.3. The Bertz CT molecular complexity index is 421. The fourth-order valence-corrected chi connectivity index (χ4v) is 2.06. The summed E-state index contributed by atoms with van der Waals surface area (Å²) in [6.45, 7) is 0.897. The van der Waals surface area contributed by atoms with Crippen LogP contribution in [0, 0.1) is 6.07 Å². The van der Waals surface area contributed by atoms with Crippen LogP contribution >= 0.6 is 11.3 Å². The maximum Gasteiger partial charge on any atom is 0.0814 e. The van der Waals surface area contributed by atoms with Gasteiger partial charge in [0.25, 0.3) is 0 Å². The van der Waals surface area contributed by atoms with Crippen molar-refractivity contribution in [3.8, 4) is 11.3 Å². The summed E-state index contributed by atoms with van der Waals surface area (Å²) in [5, 5.41) is 2.07. The van der Waals surface area contributed by atoms with E-state index < -0.39 is 0 Å². The maximum absolute atomic E-state index is 4.33. The van der Waals surface area contributed by atoms with Gasteiger partial charge in [0.1, 0.15) is 0 Å². The lowest BCUT2D eigenvalue weighted by molar-refractivity contribution is 0.403. The van der Waals surface area contributed by atoms with E-state index in [1.165, 1.54) is 11.1 Å². The molecule has 1 aromatic carbocycles. The summed E-state index contributed by atoms with van der Waals surface area (Å²) in [6, 6.07) is 9.34. The van der Waals surface area contributed by atoms with Crippen molar-refractivity contribution in [2.45, 2.75) is 6.54 Å². The van der Waals surface area contributed by atoms with Crippen LogP contribution in [0.25, 0.3) is 11.3 Å². The third-order valence-electron chi connectivity index (χ3n) is 2.12. The van der Waals surface area contributed by atoms with Gasteiger partial charge in [0, 0.05) is 17.5 Å². The highest BCUT2D eigenvalue weighted by Gasteiger charge is 2.06. The van der Waals surface area contributed by atoms with Gasteiger partial charge in [-0.15, -0.1) is 11.3 Å². The van der Waals surface area contributed by atoms with E-state index in [1.54, 1.807) is 11.3 Å². The molecule has 0 amide bonds. The van der Waals surface area contributed by atoms with E-state index in [4.69, 9.17) is 0 Å². The van der Waals surface area contributed by atoms with Crippen LogP contribution in [0.15, 0.2) is 29.1 Å². The van der Waals surface area contributed by atoms with Gasteiger partial charge in [0.05, 0.1) is 11.2 Å². The Kier molecular flexibility index (Phi) is 3.14. The fraction of sp³-hybridized carbons (Fsp3) is 0.250. The molecular weight excluding hydrogens is 204 g/mol. The van der Waals surface area contributed by atoms with E-state index >= 15 is 0 Å². The van der Waals surface area contributed by atoms with E-state index in [0.717, 1.165) is 12.2 Å². The molecule has 2 rings (SSSR count). The highest BCUT2D eigenvalue weighted by molar-refractivity contribution is 7.07. The van der Waals surface area contributed by atoms with Gasteiger partial charge >= 0.3 is 0 Å². The molecule has 0 fully saturated rings. The predicted octanol–water partition coefficient (Wildman–Crippen LogP) is 2.67. The molecule has 0 bridgehead atoms. The predicted molar refractivity (Wildman–Crippen MR) is 63.8 cm³/mol. The van der Waals surface area contributed by atoms with E-state index in [9.17, 15) is 0 Å². The second-order valence-corrected chi connectivity index (χ2v) is 4.39. The molecule has 0 aliphatic rings. The van der Waals surface area contributed by atoms with E-state index in [-0.39, 0.29) is 0 Å². The number of aromatic nitrogens is 1. The first-order chi connectivity index (χ1) is 7.27. The van der Waals surface area contributed by atoms with Crippen LogP contribution in [-0.4, -0.2) is 24.0 Å². The minimum absolute atomic E-state index is 0.897. The van der Waals surface area contributed by atoms with Crippen LogP contribution in [-0.2, 0) is 6.54 Å². The highest BCUT2D eigenvalue weighted by Crippen LogP contribution is 2.23. The first-order valence-corrected chi connectivity index (χ1v) is 5.74. The zero-order valence-corrected chi connectivity index (χ0v) is 9.71. The molecule has 0 atom stereocenters. The number of hydrogen-bond acceptors (Lipinski definition) is 3. The van der Waals surface area contributed by atoms with E-state index in [2.05, 4.69) is 41.5 Å². The molecule has 0 saturated carbocycles. The molecule has 0 N–H and O–H groups in total. The van der Waals surface area contributed by atoms with Gasteiger partial charge in [-0.3, -0.25) is 0 Å². The van der Waals surface area contributed by atoms with Crippen LogP contribution in [0.5, 0.6) is 0 Å². The van der Waals surface area contributed by atoms with E-state index in [1.807, 2.05) is 17.6 Å². The Morgan fingerprint density at radius 3 is 3.00 bits per heavy atom. The third-order valence-corrected chi connectivity index (χ3v) is 2.71. The van der Waals surface area contributed by atoms with Crippen molar-refractivity contribution in [3.63, 3.8) is 0 Å². The highest BCUT2D eigenvalue weighted by atomic mass is 32.1. The molecule has 0 spiro atoms. The first-order valence-electron chi connectivity index (χ1n) is 4.80. The van der Waals surface area contributed by atoms with Crippen molar-refractivity contribution in [1.29, 1.82) is 0 Å². The van der Waals surface area contributed by atoms with Gasteiger partial charge in [-0.05, 0) is 25.7 Å². The lowest BCUT2D eigenvalue weighted by atomic mass is 10.1. The molecule has 1 heterocycles. The van der Waals surface area contributed by atoms with Crippen molar-refractivity contribution in [2.24, 2.45) is 0 Å². The minimum Gasteiger partial charge on any atom is -0.305 e. The van der Waals surface area contributed by atoms with Gasteiger partial charge < -0.3 is 4.90 Å². The summed E-state index contributed by atoms with van der Waals surface area (Å²) >= 11 is 1.62. The van der Waals surface area contributed by atoms with Crippen LogP contribution < -0.4 is 0 Å². The zero-order valence-electron chi connectivity index (χ0n) is 8.90. The van der Waals surface area contributed by atoms with Gasteiger partial charge in [-0.1, -0.05) is 18.2 Å². The van der Waals surface area contributed by atoms with Crippen molar-refractivity contribution < 1.29 is 0 Å². The number of thiazole rings is 1. The molecule has 15 heavy (non-hydrogen) atoms. The molecule has 77 valence electrons. The number of benzene rings is 1. The summed E-state index contributed by atoms with van der Waals surface area (Å²) in [5.41, 5.74) is 5.30. The summed E-state index contributed by atoms with van der Waals surface area (Å²) in [6.07, 6.45) is 0. The van der Waals surface area contributed by atoms with Crippen molar-refractivity contribution in [1.82, 2.24) is 9.88 Å². The second-order valence-electron chi connectivity index (χ2n) is 3.67. The molecule has 2 nitrogen and oxygen atoms in total. The topological polar surface area (TPSA) is 16.1 Å². The lowest BCUT2D eigenvalue weighted by Gasteiger charge is -2.12. The lowest BCUT2D eigenvalue weighted by Crippen LogP contribution is -2.11.